The molecule has 43 heavy (non-hydrogen) atoms. The largest absolute Gasteiger partial charge is 0.588 e. The van der Waals surface area contributed by atoms with Crippen LogP contribution in [0.1, 0.15) is 85.5 Å². The quantitative estimate of drug-likeness (QED) is 0.127. The molecule has 0 bridgehead atoms. The number of fused-ring (bicyclic) bond motifs is 2. The molecule has 0 aromatic heterocycles. The minimum absolute atomic E-state index is 0.0408. The van der Waals surface area contributed by atoms with Crippen LogP contribution < -0.4 is 0 Å². The van der Waals surface area contributed by atoms with Gasteiger partial charge in [-0.1, -0.05) is 27.7 Å². The number of aliphatic hydroxyl groups is 4. The number of aliphatic hydroxyl groups excluding tert-OH is 4. The second kappa shape index (κ2) is 11.3. The third-order valence-corrected chi connectivity index (χ3v) is 10.3. The molecule has 5 aliphatic rings. The van der Waals surface area contributed by atoms with Crippen LogP contribution in [0.25, 0.3) is 0 Å². The Morgan fingerprint density at radius 2 is 1.47 bits per heavy atom. The molecule has 2 saturated carbocycles. The van der Waals surface area contributed by atoms with Gasteiger partial charge in [-0.2, -0.15) is 9.90 Å². The molecule has 13 nitrogen and oxygen atoms in total. The Morgan fingerprint density at radius 3 is 2.02 bits per heavy atom. The van der Waals surface area contributed by atoms with Crippen LogP contribution >= 0.6 is 0 Å². The maximum Gasteiger partial charge on any atom is 0.348 e. The lowest BCUT2D eigenvalue weighted by atomic mass is 9.72. The van der Waals surface area contributed by atoms with Gasteiger partial charge in [-0.05, 0) is 69.6 Å². The summed E-state index contributed by atoms with van der Waals surface area (Å²) >= 11 is 0. The number of Topliss-reactive ketones (excluding diaryl/α,β-unsaturated/α-hetero) is 2. The van der Waals surface area contributed by atoms with Crippen molar-refractivity contribution in [3.8, 4) is 0 Å². The Labute approximate surface area is 249 Å². The average molecular weight is 607 g/mol. The maximum absolute atomic E-state index is 14.5. The number of rotatable bonds is 6. The Balaban J connectivity index is 1.47. The van der Waals surface area contributed by atoms with E-state index in [1.165, 1.54) is 0 Å². The normalized spacial score (nSPS) is 38.7. The number of hydrogen-bond donors (Lipinski definition) is 5. The Morgan fingerprint density at radius 1 is 0.907 bits per heavy atom. The van der Waals surface area contributed by atoms with Gasteiger partial charge in [0.1, 0.15) is 6.10 Å². The summed E-state index contributed by atoms with van der Waals surface area (Å²) in [5.41, 5.74) is -3.06. The van der Waals surface area contributed by atoms with E-state index in [9.17, 15) is 45.2 Å². The van der Waals surface area contributed by atoms with Crippen LogP contribution in [0.15, 0.2) is 34.2 Å². The van der Waals surface area contributed by atoms with Gasteiger partial charge < -0.3 is 30.4 Å². The first kappa shape index (κ1) is 31.6. The molecule has 3 aliphatic carbocycles. The fourth-order valence-electron chi connectivity index (χ4n) is 7.42. The molecule has 0 aromatic rings. The van der Waals surface area contributed by atoms with Gasteiger partial charge in [0, 0.05) is 5.92 Å². The molecule has 5 N–H and O–H groups in total. The van der Waals surface area contributed by atoms with Gasteiger partial charge in [-0.15, -0.1) is 4.81 Å². The van der Waals surface area contributed by atoms with Crippen molar-refractivity contribution in [1.82, 2.24) is 5.06 Å². The van der Waals surface area contributed by atoms with E-state index in [4.69, 9.17) is 9.57 Å². The number of amides is 1. The van der Waals surface area contributed by atoms with Gasteiger partial charge in [-0.25, -0.2) is 0 Å². The van der Waals surface area contributed by atoms with Crippen molar-refractivity contribution in [1.29, 1.82) is 0 Å². The summed E-state index contributed by atoms with van der Waals surface area (Å²) in [6, 6.07) is 0. The van der Waals surface area contributed by atoms with Crippen LogP contribution in [0.2, 0.25) is 0 Å². The monoisotopic (exact) mass is 606 g/mol. The zero-order chi connectivity index (χ0) is 31.6. The number of ether oxygens (including phenoxy) is 1. The predicted molar refractivity (Wildman–Crippen MR) is 148 cm³/mol. The molecule has 1 amide bonds. The SMILES string of the molecule is CCC(C)C1=C(O)[N+]2([O-])OC3CCC(C4=C(O)C(=O)C(C5CCC(O)CC5)=C(O)C4=O)CC3OC2(C(C)CC)C(=O)N1O. The number of carbonyl (C=O) groups is 3. The number of nitrogens with zero attached hydrogens (tertiary/aromatic N) is 2. The van der Waals surface area contributed by atoms with Crippen LogP contribution in [-0.4, -0.2) is 77.0 Å². The molecule has 2 heterocycles. The number of hydroxylamine groups is 6. The van der Waals surface area contributed by atoms with Gasteiger partial charge in [0.25, 0.3) is 0 Å². The van der Waals surface area contributed by atoms with Crippen LogP contribution in [0.4, 0.5) is 0 Å². The summed E-state index contributed by atoms with van der Waals surface area (Å²) in [5.74, 6) is -7.74. The zero-order valence-corrected chi connectivity index (χ0v) is 25.0. The topological polar surface area (TPSA) is 197 Å². The Hall–Kier alpha value is -2.81. The fourth-order valence-corrected chi connectivity index (χ4v) is 7.42. The molecule has 13 heteroatoms. The molecule has 0 aromatic carbocycles. The Kier molecular flexibility index (Phi) is 8.29. The second-order valence-corrected chi connectivity index (χ2v) is 12.7. The van der Waals surface area contributed by atoms with Crippen molar-refractivity contribution in [3.05, 3.63) is 39.5 Å². The summed E-state index contributed by atoms with van der Waals surface area (Å²) in [5, 5.41) is 68.7. The van der Waals surface area contributed by atoms with Crippen molar-refractivity contribution in [2.75, 3.05) is 0 Å². The lowest BCUT2D eigenvalue weighted by Gasteiger charge is -2.61. The molecule has 1 saturated heterocycles. The first-order valence-electron chi connectivity index (χ1n) is 15.3. The van der Waals surface area contributed by atoms with Crippen LogP contribution in [0.5, 0.6) is 0 Å². The molecule has 238 valence electrons. The van der Waals surface area contributed by atoms with Gasteiger partial charge >= 0.3 is 17.5 Å². The van der Waals surface area contributed by atoms with E-state index >= 15 is 0 Å². The highest BCUT2D eigenvalue weighted by Gasteiger charge is 2.72. The fraction of sp³-hybridized carbons (Fsp3) is 0.700. The van der Waals surface area contributed by atoms with Gasteiger partial charge in [-0.3, -0.25) is 19.6 Å². The highest BCUT2D eigenvalue weighted by molar-refractivity contribution is 6.23. The Bertz CT molecular complexity index is 1300. The van der Waals surface area contributed by atoms with Crippen molar-refractivity contribution < 1.29 is 54.4 Å². The number of hydrogen-bond acceptors (Lipinski definition) is 11. The van der Waals surface area contributed by atoms with Gasteiger partial charge in [0.15, 0.2) is 17.2 Å². The van der Waals surface area contributed by atoms with E-state index in [0.29, 0.717) is 32.1 Å². The summed E-state index contributed by atoms with van der Waals surface area (Å²) < 4.78 is 6.31. The van der Waals surface area contributed by atoms with E-state index in [2.05, 4.69) is 0 Å². The number of ketones is 2. The highest BCUT2D eigenvalue weighted by Crippen LogP contribution is 2.53. The molecule has 0 radical (unpaired) electrons. The van der Waals surface area contributed by atoms with Crippen molar-refractivity contribution in [2.24, 2.45) is 23.7 Å². The average Bonchev–Trinajstić information content (AvgIpc) is 2.99. The molecule has 7 atom stereocenters. The molecule has 3 fully saturated rings. The smallest absolute Gasteiger partial charge is 0.348 e. The van der Waals surface area contributed by atoms with Gasteiger partial charge in [0.2, 0.25) is 11.6 Å². The number of carbonyl (C=O) groups excluding carboxylic acids is 3. The highest BCUT2D eigenvalue weighted by atomic mass is 17.0. The van der Waals surface area contributed by atoms with Crippen molar-refractivity contribution in [2.45, 2.75) is 110 Å². The summed E-state index contributed by atoms with van der Waals surface area (Å²) in [6.45, 7) is 6.72. The summed E-state index contributed by atoms with van der Waals surface area (Å²) in [4.78, 5) is 44.6. The number of allylic oxidation sites excluding steroid dienone is 3. The minimum Gasteiger partial charge on any atom is -0.588 e. The first-order valence-corrected chi connectivity index (χ1v) is 15.3. The van der Waals surface area contributed by atoms with Gasteiger partial charge in [0.05, 0.1) is 29.3 Å². The molecule has 7 unspecified atom stereocenters. The third kappa shape index (κ3) is 4.55. The second-order valence-electron chi connectivity index (χ2n) is 12.7. The van der Waals surface area contributed by atoms with Crippen LogP contribution in [-0.2, 0) is 24.0 Å². The minimum atomic E-state index is -2.41. The molecular formula is C30H42N2O11. The molecule has 5 rings (SSSR count). The van der Waals surface area contributed by atoms with Crippen molar-refractivity contribution in [3.63, 3.8) is 0 Å². The predicted octanol–water partition coefficient (Wildman–Crippen LogP) is 3.87. The van der Waals surface area contributed by atoms with E-state index in [0.717, 1.165) is 0 Å². The van der Waals surface area contributed by atoms with E-state index < -0.39 is 87.4 Å². The molecule has 0 spiro atoms. The summed E-state index contributed by atoms with van der Waals surface area (Å²) in [6.07, 6.45) is 0.0969. The van der Waals surface area contributed by atoms with Crippen LogP contribution in [0, 0.1) is 28.9 Å². The zero-order valence-electron chi connectivity index (χ0n) is 25.0. The van der Waals surface area contributed by atoms with E-state index in [1.807, 2.05) is 0 Å². The number of quaternary nitrogens is 1. The lowest BCUT2D eigenvalue weighted by Crippen LogP contribution is -2.79. The molecular weight excluding hydrogens is 564 g/mol. The maximum atomic E-state index is 14.5. The standard InChI is InChI=1S/C30H42N2O11/c1-5-14(3)23-28(38)32(41)30(15(4)6-2,29(39)31(23)40)42-20-13-17(9-12-19(20)43-32)22-26(36)24(34)21(25(35)27(22)37)16-7-10-18(33)11-8-16/h14-20,33-34,37-38,40H,5-13H2,1-4H3. The molecule has 2 aliphatic heterocycles. The van der Waals surface area contributed by atoms with E-state index in [-0.39, 0.29) is 47.6 Å². The van der Waals surface area contributed by atoms with Crippen LogP contribution in [0.3, 0.4) is 0 Å². The summed E-state index contributed by atoms with van der Waals surface area (Å²) in [7, 11) is 0. The third-order valence-electron chi connectivity index (χ3n) is 10.3. The van der Waals surface area contributed by atoms with Crippen molar-refractivity contribution >= 4 is 17.5 Å². The lowest BCUT2D eigenvalue weighted by molar-refractivity contribution is -1.12. The first-order chi connectivity index (χ1) is 20.2. The van der Waals surface area contributed by atoms with E-state index in [1.54, 1.807) is 27.7 Å².